The topological polar surface area (TPSA) is 76.7 Å². The zero-order valence-corrected chi connectivity index (χ0v) is 17.9. The van der Waals surface area contributed by atoms with E-state index in [1.165, 1.54) is 0 Å². The Kier molecular flexibility index (Phi) is 7.69. The quantitative estimate of drug-likeness (QED) is 0.708. The fourth-order valence-electron chi connectivity index (χ4n) is 2.10. The number of carbonyl (C=O) groups is 2. The predicted molar refractivity (Wildman–Crippen MR) is 107 cm³/mol. The number of hydrogen-bond acceptors (Lipinski definition) is 4. The highest BCUT2D eigenvalue weighted by Gasteiger charge is 2.29. The molecule has 0 bridgehead atoms. The van der Waals surface area contributed by atoms with Crippen molar-refractivity contribution < 1.29 is 19.1 Å². The number of hydrogen-bond donors (Lipinski definition) is 2. The monoisotopic (exact) mass is 378 g/mol. The number of amides is 2. The van der Waals surface area contributed by atoms with E-state index < -0.39 is 17.0 Å². The zero-order chi connectivity index (χ0) is 20.8. The molecule has 6 nitrogen and oxygen atoms in total. The maximum atomic E-state index is 12.5. The lowest BCUT2D eigenvalue weighted by molar-refractivity contribution is -0.132. The highest BCUT2D eigenvalue weighted by molar-refractivity contribution is 5.84. The summed E-state index contributed by atoms with van der Waals surface area (Å²) in [6.45, 7) is 13.5. The van der Waals surface area contributed by atoms with Gasteiger partial charge >= 0.3 is 0 Å². The number of ether oxygens (including phenoxy) is 2. The highest BCUT2D eigenvalue weighted by atomic mass is 16.5. The van der Waals surface area contributed by atoms with E-state index in [9.17, 15) is 9.59 Å². The Bertz CT molecular complexity index is 629. The molecule has 0 heterocycles. The Hall–Kier alpha value is -2.24. The van der Waals surface area contributed by atoms with Gasteiger partial charge in [-0.25, -0.2) is 0 Å². The Morgan fingerprint density at radius 2 is 1.48 bits per heavy atom. The van der Waals surface area contributed by atoms with Crippen molar-refractivity contribution in [2.75, 3.05) is 13.7 Å². The molecule has 0 saturated heterocycles. The fourth-order valence-corrected chi connectivity index (χ4v) is 2.10. The molecule has 1 aromatic carbocycles. The summed E-state index contributed by atoms with van der Waals surface area (Å²) in [6.07, 6.45) is 0.191. The molecule has 0 saturated carbocycles. The molecule has 0 aliphatic heterocycles. The number of carbonyl (C=O) groups excluding carboxylic acids is 2. The van der Waals surface area contributed by atoms with E-state index in [1.54, 1.807) is 19.2 Å². The third kappa shape index (κ3) is 6.77. The second kappa shape index (κ2) is 9.11. The van der Waals surface area contributed by atoms with Gasteiger partial charge in [0, 0.05) is 10.8 Å². The van der Waals surface area contributed by atoms with Crippen LogP contribution in [0.2, 0.25) is 0 Å². The van der Waals surface area contributed by atoms with Gasteiger partial charge in [0.1, 0.15) is 6.17 Å². The molecule has 1 aromatic rings. The minimum Gasteiger partial charge on any atom is -0.493 e. The largest absolute Gasteiger partial charge is 0.493 e. The summed E-state index contributed by atoms with van der Waals surface area (Å²) in [5.74, 6) is 0.870. The summed E-state index contributed by atoms with van der Waals surface area (Å²) in [6, 6.07) is 5.39. The van der Waals surface area contributed by atoms with Gasteiger partial charge in [-0.3, -0.25) is 9.59 Å². The minimum absolute atomic E-state index is 0.159. The Balaban J connectivity index is 3.24. The van der Waals surface area contributed by atoms with Gasteiger partial charge in [0.15, 0.2) is 11.5 Å². The molecule has 152 valence electrons. The lowest BCUT2D eigenvalue weighted by atomic mass is 9.94. The van der Waals surface area contributed by atoms with Crippen LogP contribution in [0.3, 0.4) is 0 Å². The normalized spacial score (nSPS) is 11.9. The lowest BCUT2D eigenvalue weighted by Gasteiger charge is -2.28. The van der Waals surface area contributed by atoms with Gasteiger partial charge in [0.2, 0.25) is 11.8 Å². The first-order chi connectivity index (χ1) is 12.4. The van der Waals surface area contributed by atoms with E-state index in [-0.39, 0.29) is 11.8 Å². The summed E-state index contributed by atoms with van der Waals surface area (Å²) in [5.41, 5.74) is -0.450. The SMILES string of the molecule is CCCOc1cc(C(NC(=O)C(C)(C)C)NC(=O)C(C)(C)C)ccc1OC. The van der Waals surface area contributed by atoms with Crippen molar-refractivity contribution in [2.24, 2.45) is 10.8 Å². The standard InChI is InChI=1S/C21H34N2O4/c1-9-12-27-16-13-14(10-11-15(16)26-8)17(22-18(24)20(2,3)4)23-19(25)21(5,6)7/h10-11,13,17H,9,12H2,1-8H3,(H,22,24)(H,23,25). The van der Waals surface area contributed by atoms with Crippen molar-refractivity contribution in [3.05, 3.63) is 23.8 Å². The summed E-state index contributed by atoms with van der Waals surface area (Å²) < 4.78 is 11.1. The van der Waals surface area contributed by atoms with Crippen molar-refractivity contribution in [3.8, 4) is 11.5 Å². The fraction of sp³-hybridized carbons (Fsp3) is 0.619. The molecule has 0 fully saturated rings. The van der Waals surface area contributed by atoms with Gasteiger partial charge in [0.25, 0.3) is 0 Å². The van der Waals surface area contributed by atoms with Crippen molar-refractivity contribution in [3.63, 3.8) is 0 Å². The van der Waals surface area contributed by atoms with E-state index in [0.29, 0.717) is 18.1 Å². The summed E-state index contributed by atoms with van der Waals surface area (Å²) in [4.78, 5) is 25.1. The number of benzene rings is 1. The van der Waals surface area contributed by atoms with E-state index in [2.05, 4.69) is 10.6 Å². The molecule has 0 unspecified atom stereocenters. The van der Waals surface area contributed by atoms with E-state index in [0.717, 1.165) is 12.0 Å². The maximum Gasteiger partial charge on any atom is 0.227 e. The molecule has 0 spiro atoms. The van der Waals surface area contributed by atoms with Gasteiger partial charge in [-0.05, 0) is 24.1 Å². The van der Waals surface area contributed by atoms with Crippen LogP contribution in [0.1, 0.15) is 66.6 Å². The Morgan fingerprint density at radius 3 is 1.89 bits per heavy atom. The van der Waals surface area contributed by atoms with Crippen LogP contribution in [0.5, 0.6) is 11.5 Å². The third-order valence-corrected chi connectivity index (χ3v) is 3.90. The molecule has 27 heavy (non-hydrogen) atoms. The van der Waals surface area contributed by atoms with Crippen LogP contribution in [0.15, 0.2) is 18.2 Å². The first-order valence-corrected chi connectivity index (χ1v) is 9.32. The number of methoxy groups -OCH3 is 1. The van der Waals surface area contributed by atoms with Crippen LogP contribution in [-0.4, -0.2) is 25.5 Å². The van der Waals surface area contributed by atoms with Crippen LogP contribution in [-0.2, 0) is 9.59 Å². The van der Waals surface area contributed by atoms with Crippen LogP contribution in [0.4, 0.5) is 0 Å². The van der Waals surface area contributed by atoms with Gasteiger partial charge < -0.3 is 20.1 Å². The molecule has 2 amide bonds. The van der Waals surface area contributed by atoms with Gasteiger partial charge in [-0.15, -0.1) is 0 Å². The van der Waals surface area contributed by atoms with Gasteiger partial charge in [-0.2, -0.15) is 0 Å². The first-order valence-electron chi connectivity index (χ1n) is 9.32. The van der Waals surface area contributed by atoms with Crippen LogP contribution < -0.4 is 20.1 Å². The van der Waals surface area contributed by atoms with Crippen molar-refractivity contribution in [2.45, 2.75) is 61.1 Å². The average Bonchev–Trinajstić information content (AvgIpc) is 2.57. The van der Waals surface area contributed by atoms with Gasteiger partial charge in [0.05, 0.1) is 13.7 Å². The summed E-state index contributed by atoms with van der Waals surface area (Å²) >= 11 is 0. The molecule has 2 N–H and O–H groups in total. The van der Waals surface area contributed by atoms with E-state index >= 15 is 0 Å². The number of nitrogens with one attached hydrogen (secondary N) is 2. The van der Waals surface area contributed by atoms with Crippen molar-refractivity contribution in [1.29, 1.82) is 0 Å². The minimum atomic E-state index is -0.668. The molecule has 0 aliphatic rings. The number of rotatable bonds is 7. The zero-order valence-electron chi connectivity index (χ0n) is 17.9. The predicted octanol–water partition coefficient (Wildman–Crippen LogP) is 3.81. The second-order valence-corrected chi connectivity index (χ2v) is 8.64. The van der Waals surface area contributed by atoms with E-state index in [1.807, 2.05) is 54.5 Å². The van der Waals surface area contributed by atoms with Crippen molar-refractivity contribution in [1.82, 2.24) is 10.6 Å². The Morgan fingerprint density at radius 1 is 0.963 bits per heavy atom. The second-order valence-electron chi connectivity index (χ2n) is 8.64. The molecular weight excluding hydrogens is 344 g/mol. The smallest absolute Gasteiger partial charge is 0.227 e. The third-order valence-electron chi connectivity index (χ3n) is 3.90. The molecular formula is C21H34N2O4. The van der Waals surface area contributed by atoms with Crippen LogP contribution in [0.25, 0.3) is 0 Å². The first kappa shape index (κ1) is 22.8. The summed E-state index contributed by atoms with van der Waals surface area (Å²) in [7, 11) is 1.58. The molecule has 1 rings (SSSR count). The van der Waals surface area contributed by atoms with Crippen LogP contribution >= 0.6 is 0 Å². The average molecular weight is 379 g/mol. The molecule has 0 aliphatic carbocycles. The van der Waals surface area contributed by atoms with Crippen LogP contribution in [0, 0.1) is 10.8 Å². The molecule has 6 heteroatoms. The van der Waals surface area contributed by atoms with Crippen molar-refractivity contribution >= 4 is 11.8 Å². The highest BCUT2D eigenvalue weighted by Crippen LogP contribution is 2.31. The van der Waals surface area contributed by atoms with E-state index in [4.69, 9.17) is 9.47 Å². The summed E-state index contributed by atoms with van der Waals surface area (Å²) in [5, 5.41) is 5.86. The molecule has 0 aromatic heterocycles. The molecule has 0 radical (unpaired) electrons. The Labute approximate surface area is 163 Å². The lowest BCUT2D eigenvalue weighted by Crippen LogP contribution is -2.47. The van der Waals surface area contributed by atoms with Gasteiger partial charge in [-0.1, -0.05) is 54.5 Å². The molecule has 0 atom stereocenters. The maximum absolute atomic E-state index is 12.5.